The van der Waals surface area contributed by atoms with Gasteiger partial charge in [-0.05, 0) is 19.5 Å². The summed E-state index contributed by atoms with van der Waals surface area (Å²) in [6.45, 7) is 2.35. The van der Waals surface area contributed by atoms with Gasteiger partial charge in [-0.2, -0.15) is 5.10 Å². The van der Waals surface area contributed by atoms with E-state index in [1.807, 2.05) is 7.05 Å². The molecule has 1 saturated heterocycles. The molecule has 2 atom stereocenters. The number of likely N-dealkylation sites (tertiary alicyclic amines) is 1. The number of aliphatic hydroxyl groups excluding tert-OH is 1. The van der Waals surface area contributed by atoms with Gasteiger partial charge in [0.05, 0.1) is 18.7 Å². The number of aromatic nitrogens is 5. The fraction of sp³-hybridized carbons (Fsp3) is 0.600. The highest BCUT2D eigenvalue weighted by molar-refractivity contribution is 5.92. The van der Waals surface area contributed by atoms with E-state index in [4.69, 9.17) is 0 Å². The van der Waals surface area contributed by atoms with Crippen molar-refractivity contribution in [3.8, 4) is 0 Å². The van der Waals surface area contributed by atoms with Crippen molar-refractivity contribution < 1.29 is 9.90 Å². The Hall–Kier alpha value is -2.26. The number of hydrogen-bond acceptors (Lipinski definition) is 6. The fourth-order valence-electron chi connectivity index (χ4n) is 3.57. The third kappa shape index (κ3) is 2.49. The van der Waals surface area contributed by atoms with Crippen LogP contribution in [0.3, 0.4) is 0 Å². The molecular weight excluding hydrogens is 310 g/mol. The van der Waals surface area contributed by atoms with Crippen molar-refractivity contribution in [1.82, 2.24) is 34.3 Å². The summed E-state index contributed by atoms with van der Waals surface area (Å²) in [7, 11) is 3.78. The quantitative estimate of drug-likeness (QED) is 0.790. The van der Waals surface area contributed by atoms with E-state index in [1.165, 1.54) is 0 Å². The maximum absolute atomic E-state index is 12.5. The first-order valence-electron chi connectivity index (χ1n) is 8.12. The van der Waals surface area contributed by atoms with E-state index >= 15 is 0 Å². The summed E-state index contributed by atoms with van der Waals surface area (Å²) in [5, 5.41) is 22.6. The molecule has 0 spiro atoms. The van der Waals surface area contributed by atoms with Crippen LogP contribution < -0.4 is 0 Å². The predicted molar refractivity (Wildman–Crippen MR) is 84.0 cm³/mol. The molecule has 0 radical (unpaired) electrons. The van der Waals surface area contributed by atoms with Crippen LogP contribution in [0.2, 0.25) is 0 Å². The number of likely N-dealkylation sites (N-methyl/N-ethyl adjacent to an activating group) is 1. The number of carbonyl (C=O) groups is 1. The van der Waals surface area contributed by atoms with Crippen LogP contribution in [-0.2, 0) is 20.1 Å². The Morgan fingerprint density at radius 1 is 1.29 bits per heavy atom. The average molecular weight is 331 g/mol. The Balaban J connectivity index is 1.54. The molecule has 1 amide bonds. The molecule has 9 heteroatoms. The van der Waals surface area contributed by atoms with Crippen LogP contribution in [0.4, 0.5) is 0 Å². The third-order valence-electron chi connectivity index (χ3n) is 4.83. The topological polar surface area (TPSA) is 92.3 Å². The molecule has 0 aromatic carbocycles. The molecule has 2 aliphatic rings. The van der Waals surface area contributed by atoms with Gasteiger partial charge < -0.3 is 14.6 Å². The highest BCUT2D eigenvalue weighted by Crippen LogP contribution is 2.30. The molecule has 0 unspecified atom stereocenters. The summed E-state index contributed by atoms with van der Waals surface area (Å²) >= 11 is 0. The van der Waals surface area contributed by atoms with E-state index in [9.17, 15) is 9.90 Å². The lowest BCUT2D eigenvalue weighted by atomic mass is 10.2. The summed E-state index contributed by atoms with van der Waals surface area (Å²) < 4.78 is 3.71. The van der Waals surface area contributed by atoms with E-state index in [0.29, 0.717) is 38.3 Å². The van der Waals surface area contributed by atoms with Crippen molar-refractivity contribution in [2.45, 2.75) is 31.7 Å². The number of nitrogens with zero attached hydrogens (tertiary/aromatic N) is 7. The number of amides is 1. The minimum atomic E-state index is -0.321. The lowest BCUT2D eigenvalue weighted by molar-refractivity contribution is 0.0698. The van der Waals surface area contributed by atoms with Gasteiger partial charge >= 0.3 is 0 Å². The summed E-state index contributed by atoms with van der Waals surface area (Å²) in [5.41, 5.74) is 0.448. The molecule has 0 aliphatic carbocycles. The number of fused-ring (bicyclic) bond motifs is 1. The average Bonchev–Trinajstić information content (AvgIpc) is 3.24. The normalized spacial score (nSPS) is 24.4. The van der Waals surface area contributed by atoms with Gasteiger partial charge in [-0.3, -0.25) is 14.4 Å². The Morgan fingerprint density at radius 3 is 2.79 bits per heavy atom. The molecule has 4 heterocycles. The fourth-order valence-corrected chi connectivity index (χ4v) is 3.57. The van der Waals surface area contributed by atoms with Crippen LogP contribution in [0.1, 0.15) is 34.6 Å². The summed E-state index contributed by atoms with van der Waals surface area (Å²) in [5.74, 6) is 1.59. The minimum Gasteiger partial charge on any atom is -0.392 e. The monoisotopic (exact) mass is 331 g/mol. The van der Waals surface area contributed by atoms with Crippen molar-refractivity contribution in [2.24, 2.45) is 7.05 Å². The van der Waals surface area contributed by atoms with E-state index in [2.05, 4.69) is 24.8 Å². The summed E-state index contributed by atoms with van der Waals surface area (Å²) in [6, 6.07) is 1.81. The van der Waals surface area contributed by atoms with Crippen molar-refractivity contribution in [3.63, 3.8) is 0 Å². The second kappa shape index (κ2) is 5.67. The van der Waals surface area contributed by atoms with E-state index < -0.39 is 0 Å². The second-order valence-electron chi connectivity index (χ2n) is 6.57. The SMILES string of the molecule is CN1C[C@H](O)C[C@H]1c1nnc2n1CCN(C(=O)c1ccn(C)n1)C2. The number of hydrogen-bond donors (Lipinski definition) is 1. The Morgan fingerprint density at radius 2 is 2.12 bits per heavy atom. The maximum atomic E-state index is 12.5. The molecule has 4 rings (SSSR count). The highest BCUT2D eigenvalue weighted by Gasteiger charge is 2.35. The number of aliphatic hydroxyl groups is 1. The zero-order valence-electron chi connectivity index (χ0n) is 13.8. The van der Waals surface area contributed by atoms with Gasteiger partial charge in [-0.25, -0.2) is 0 Å². The van der Waals surface area contributed by atoms with Crippen LogP contribution in [-0.4, -0.2) is 71.6 Å². The predicted octanol–water partition coefficient (Wildman–Crippen LogP) is -0.595. The molecule has 0 bridgehead atoms. The molecule has 9 nitrogen and oxygen atoms in total. The van der Waals surface area contributed by atoms with E-state index in [1.54, 1.807) is 28.9 Å². The number of aryl methyl sites for hydroxylation is 1. The largest absolute Gasteiger partial charge is 0.392 e. The zero-order valence-corrected chi connectivity index (χ0v) is 13.8. The van der Waals surface area contributed by atoms with Crippen molar-refractivity contribution in [2.75, 3.05) is 20.1 Å². The number of β-amino-alcohol motifs (C(OH)–C–C–N with tert-alkyl or cyclic N) is 1. The Kier molecular flexibility index (Phi) is 3.61. The number of rotatable bonds is 2. The highest BCUT2D eigenvalue weighted by atomic mass is 16.3. The Labute approximate surface area is 139 Å². The van der Waals surface area contributed by atoms with Crippen LogP contribution in [0, 0.1) is 0 Å². The van der Waals surface area contributed by atoms with Crippen molar-refractivity contribution in [1.29, 1.82) is 0 Å². The molecule has 1 fully saturated rings. The Bertz CT molecular complexity index is 768. The first kappa shape index (κ1) is 15.3. The van der Waals surface area contributed by atoms with E-state index in [-0.39, 0.29) is 18.1 Å². The minimum absolute atomic E-state index is 0.0827. The lowest BCUT2D eigenvalue weighted by Crippen LogP contribution is -2.39. The van der Waals surface area contributed by atoms with Crippen molar-refractivity contribution in [3.05, 3.63) is 29.6 Å². The molecule has 128 valence electrons. The number of carbonyl (C=O) groups excluding carboxylic acids is 1. The maximum Gasteiger partial charge on any atom is 0.274 e. The second-order valence-corrected chi connectivity index (χ2v) is 6.57. The van der Waals surface area contributed by atoms with Crippen LogP contribution in [0.5, 0.6) is 0 Å². The first-order chi connectivity index (χ1) is 11.5. The van der Waals surface area contributed by atoms with Crippen LogP contribution in [0.25, 0.3) is 0 Å². The summed E-state index contributed by atoms with van der Waals surface area (Å²) in [4.78, 5) is 16.4. The smallest absolute Gasteiger partial charge is 0.274 e. The van der Waals surface area contributed by atoms with E-state index in [0.717, 1.165) is 11.6 Å². The summed E-state index contributed by atoms with van der Waals surface area (Å²) in [6.07, 6.45) is 2.11. The van der Waals surface area contributed by atoms with Gasteiger partial charge in [0, 0.05) is 32.9 Å². The third-order valence-corrected chi connectivity index (χ3v) is 4.83. The molecule has 2 aliphatic heterocycles. The molecule has 2 aromatic rings. The van der Waals surface area contributed by atoms with Gasteiger partial charge in [0.1, 0.15) is 5.69 Å². The van der Waals surface area contributed by atoms with Crippen LogP contribution in [0.15, 0.2) is 12.3 Å². The molecule has 2 aromatic heterocycles. The lowest BCUT2D eigenvalue weighted by Gasteiger charge is -2.28. The molecule has 24 heavy (non-hydrogen) atoms. The van der Waals surface area contributed by atoms with Crippen LogP contribution >= 0.6 is 0 Å². The zero-order chi connectivity index (χ0) is 16.8. The van der Waals surface area contributed by atoms with Gasteiger partial charge in [0.15, 0.2) is 11.6 Å². The van der Waals surface area contributed by atoms with Gasteiger partial charge in [-0.15, -0.1) is 10.2 Å². The van der Waals surface area contributed by atoms with Gasteiger partial charge in [0.25, 0.3) is 5.91 Å². The molecule has 0 saturated carbocycles. The molecular formula is C15H21N7O2. The van der Waals surface area contributed by atoms with Gasteiger partial charge in [0.2, 0.25) is 0 Å². The standard InChI is InChI=1S/C15H21N7O2/c1-19-8-10(23)7-12(19)14-17-16-13-9-21(5-6-22(13)14)15(24)11-3-4-20(2)18-11/h3-4,10,12,23H,5-9H2,1-2H3/t10-,12+/m1/s1. The first-order valence-corrected chi connectivity index (χ1v) is 8.12. The van der Waals surface area contributed by atoms with Crippen molar-refractivity contribution >= 4 is 5.91 Å². The molecule has 1 N–H and O–H groups in total. The van der Waals surface area contributed by atoms with Gasteiger partial charge in [-0.1, -0.05) is 0 Å².